The Bertz CT molecular complexity index is 1610. The Balaban J connectivity index is 1.40. The van der Waals surface area contributed by atoms with Crippen molar-refractivity contribution in [3.8, 4) is 23.0 Å². The van der Waals surface area contributed by atoms with E-state index in [1.807, 2.05) is 53.6 Å². The quantitative estimate of drug-likeness (QED) is 0.375. The third-order valence-electron chi connectivity index (χ3n) is 7.56. The van der Waals surface area contributed by atoms with E-state index in [2.05, 4.69) is 10.4 Å². The smallest absolute Gasteiger partial charge is 0.254 e. The lowest BCUT2D eigenvalue weighted by Crippen LogP contribution is -2.41. The first-order valence-corrected chi connectivity index (χ1v) is 14.0. The van der Waals surface area contributed by atoms with Crippen molar-refractivity contribution in [3.05, 3.63) is 101 Å². The number of nitrogens with zero attached hydrogens (tertiary/aromatic N) is 3. The van der Waals surface area contributed by atoms with E-state index in [0.29, 0.717) is 62.0 Å². The number of amides is 2. The number of fused-ring (bicyclic) bond motifs is 6. The SMILES string of the molecule is COc1ccc2cc1OCCCNC(=O)c1cc(ccc1F)Oc1ccc3c(c1)CCN(C(=O)CCn1cccn1)C23. The highest BCUT2D eigenvalue weighted by Crippen LogP contribution is 2.41. The molecule has 0 spiro atoms. The third-order valence-corrected chi connectivity index (χ3v) is 7.56. The lowest BCUT2D eigenvalue weighted by atomic mass is 9.87. The molecule has 0 saturated heterocycles. The van der Waals surface area contributed by atoms with Gasteiger partial charge >= 0.3 is 0 Å². The monoisotopic (exact) mass is 570 g/mol. The third kappa shape index (κ3) is 5.65. The molecule has 10 heteroatoms. The van der Waals surface area contributed by atoms with Crippen LogP contribution in [0.1, 0.15) is 45.9 Å². The van der Waals surface area contributed by atoms with Crippen LogP contribution in [-0.2, 0) is 17.8 Å². The molecule has 1 unspecified atom stereocenters. The van der Waals surface area contributed by atoms with Crippen molar-refractivity contribution in [1.82, 2.24) is 20.0 Å². The Morgan fingerprint density at radius 2 is 2.00 bits per heavy atom. The van der Waals surface area contributed by atoms with Gasteiger partial charge in [-0.2, -0.15) is 5.10 Å². The molecule has 1 atom stereocenters. The van der Waals surface area contributed by atoms with Gasteiger partial charge in [0.25, 0.3) is 5.91 Å². The fourth-order valence-corrected chi connectivity index (χ4v) is 5.49. The number of hydrogen-bond donors (Lipinski definition) is 1. The molecule has 1 aromatic heterocycles. The molecular weight excluding hydrogens is 539 g/mol. The van der Waals surface area contributed by atoms with Gasteiger partial charge in [-0.3, -0.25) is 14.3 Å². The van der Waals surface area contributed by atoms with E-state index in [-0.39, 0.29) is 24.1 Å². The van der Waals surface area contributed by atoms with Gasteiger partial charge in [0.1, 0.15) is 17.3 Å². The predicted molar refractivity (Wildman–Crippen MR) is 152 cm³/mol. The van der Waals surface area contributed by atoms with Crippen LogP contribution in [0.25, 0.3) is 0 Å². The molecule has 1 N–H and O–H groups in total. The second kappa shape index (κ2) is 11.9. The van der Waals surface area contributed by atoms with Gasteiger partial charge in [0.2, 0.25) is 5.91 Å². The number of benzene rings is 3. The van der Waals surface area contributed by atoms with Gasteiger partial charge in [-0.1, -0.05) is 12.1 Å². The van der Waals surface area contributed by atoms with Crippen molar-refractivity contribution in [2.45, 2.75) is 31.8 Å². The minimum Gasteiger partial charge on any atom is -0.493 e. The molecule has 3 aliphatic rings. The molecule has 0 aliphatic carbocycles. The van der Waals surface area contributed by atoms with Crippen molar-refractivity contribution < 1.29 is 28.2 Å². The van der Waals surface area contributed by atoms with Crippen LogP contribution in [0.5, 0.6) is 23.0 Å². The Hall–Kier alpha value is -4.86. The summed E-state index contributed by atoms with van der Waals surface area (Å²) in [7, 11) is 1.58. The molecule has 3 aromatic carbocycles. The maximum absolute atomic E-state index is 14.5. The second-order valence-electron chi connectivity index (χ2n) is 10.2. The average Bonchev–Trinajstić information content (AvgIpc) is 3.53. The van der Waals surface area contributed by atoms with Crippen molar-refractivity contribution >= 4 is 11.8 Å². The zero-order valence-corrected chi connectivity index (χ0v) is 23.2. The molecule has 0 saturated carbocycles. The lowest BCUT2D eigenvalue weighted by molar-refractivity contribution is -0.133. The summed E-state index contributed by atoms with van der Waals surface area (Å²) in [5.41, 5.74) is 2.82. The Labute approximate surface area is 242 Å². The van der Waals surface area contributed by atoms with Crippen LogP contribution < -0.4 is 19.5 Å². The van der Waals surface area contributed by atoms with E-state index in [0.717, 1.165) is 16.7 Å². The number of rotatable bonds is 4. The van der Waals surface area contributed by atoms with Gasteiger partial charge in [-0.05, 0) is 78.1 Å². The summed E-state index contributed by atoms with van der Waals surface area (Å²) >= 11 is 0. The summed E-state index contributed by atoms with van der Waals surface area (Å²) in [4.78, 5) is 28.3. The zero-order chi connectivity index (χ0) is 29.1. The Morgan fingerprint density at radius 3 is 2.83 bits per heavy atom. The number of hydrogen-bond acceptors (Lipinski definition) is 6. The predicted octanol–water partition coefficient (Wildman–Crippen LogP) is 4.90. The van der Waals surface area contributed by atoms with Crippen LogP contribution in [-0.4, -0.2) is 53.3 Å². The van der Waals surface area contributed by atoms with Gasteiger partial charge in [-0.25, -0.2) is 4.39 Å². The lowest BCUT2D eigenvalue weighted by Gasteiger charge is -2.38. The highest BCUT2D eigenvalue weighted by atomic mass is 19.1. The normalized spacial score (nSPS) is 16.5. The van der Waals surface area contributed by atoms with Gasteiger partial charge in [0, 0.05) is 38.4 Å². The van der Waals surface area contributed by atoms with Crippen LogP contribution in [0, 0.1) is 5.82 Å². The zero-order valence-electron chi connectivity index (χ0n) is 23.2. The van der Waals surface area contributed by atoms with E-state index in [1.54, 1.807) is 18.0 Å². The van der Waals surface area contributed by atoms with Crippen molar-refractivity contribution in [2.75, 3.05) is 26.8 Å². The summed E-state index contributed by atoms with van der Waals surface area (Å²) in [6.45, 7) is 1.59. The van der Waals surface area contributed by atoms with Crippen LogP contribution in [0.4, 0.5) is 4.39 Å². The minimum atomic E-state index is -0.627. The number of aromatic nitrogens is 2. The standard InChI is InChI=1S/C32H31FN4O5/c1-40-28-9-4-22-19-29(28)41-17-3-12-34-32(39)26-20-24(6-8-27(26)33)42-23-5-7-25-21(18-23)10-16-37(31(22)25)30(38)11-15-36-14-2-13-35-36/h2,4-9,13-14,18-20,31H,3,10-12,15-17H2,1H3,(H,34,39). The van der Waals surface area contributed by atoms with Gasteiger partial charge in [0.15, 0.2) is 11.5 Å². The van der Waals surface area contributed by atoms with E-state index in [4.69, 9.17) is 14.2 Å². The van der Waals surface area contributed by atoms with Gasteiger partial charge < -0.3 is 24.4 Å². The highest BCUT2D eigenvalue weighted by Gasteiger charge is 2.33. The fourth-order valence-electron chi connectivity index (χ4n) is 5.49. The fraction of sp³-hybridized carbons (Fsp3) is 0.281. The molecule has 42 heavy (non-hydrogen) atoms. The molecule has 216 valence electrons. The summed E-state index contributed by atoms with van der Waals surface area (Å²) in [6, 6.07) is 17.1. The van der Waals surface area contributed by atoms with Crippen LogP contribution in [0.3, 0.4) is 0 Å². The largest absolute Gasteiger partial charge is 0.493 e. The summed E-state index contributed by atoms with van der Waals surface area (Å²) in [6.07, 6.45) is 4.98. The summed E-state index contributed by atoms with van der Waals surface area (Å²) in [5.74, 6) is 0.889. The van der Waals surface area contributed by atoms with Crippen molar-refractivity contribution in [3.63, 3.8) is 0 Å². The summed E-state index contributed by atoms with van der Waals surface area (Å²) in [5, 5.41) is 6.98. The number of nitrogens with one attached hydrogen (secondary N) is 1. The molecule has 8 bridgehead atoms. The minimum absolute atomic E-state index is 0.0245. The second-order valence-corrected chi connectivity index (χ2v) is 10.2. The van der Waals surface area contributed by atoms with E-state index >= 15 is 0 Å². The topological polar surface area (TPSA) is 94.9 Å². The van der Waals surface area contributed by atoms with Crippen LogP contribution in [0.15, 0.2) is 73.1 Å². The van der Waals surface area contributed by atoms with Crippen LogP contribution in [0.2, 0.25) is 0 Å². The van der Waals surface area contributed by atoms with E-state index in [1.165, 1.54) is 18.2 Å². The van der Waals surface area contributed by atoms with Crippen molar-refractivity contribution in [1.29, 1.82) is 0 Å². The highest BCUT2D eigenvalue weighted by molar-refractivity contribution is 5.94. The molecule has 4 heterocycles. The molecule has 4 aromatic rings. The van der Waals surface area contributed by atoms with Gasteiger partial charge in [-0.15, -0.1) is 0 Å². The number of halogens is 1. The Morgan fingerprint density at radius 1 is 1.14 bits per heavy atom. The number of ether oxygens (including phenoxy) is 3. The molecule has 7 rings (SSSR count). The van der Waals surface area contributed by atoms with E-state index in [9.17, 15) is 14.0 Å². The average molecular weight is 571 g/mol. The van der Waals surface area contributed by atoms with Gasteiger partial charge in [0.05, 0.1) is 25.3 Å². The summed E-state index contributed by atoms with van der Waals surface area (Å²) < 4.78 is 34.0. The molecule has 9 nitrogen and oxygen atoms in total. The molecule has 3 aliphatic heterocycles. The molecule has 0 radical (unpaired) electrons. The number of aryl methyl sites for hydroxylation is 1. The van der Waals surface area contributed by atoms with Crippen molar-refractivity contribution in [2.24, 2.45) is 0 Å². The number of carbonyl (C=O) groups is 2. The molecule has 0 fully saturated rings. The van der Waals surface area contributed by atoms with Crippen LogP contribution >= 0.6 is 0 Å². The number of carbonyl (C=O) groups excluding carboxylic acids is 2. The number of methoxy groups -OCH3 is 1. The maximum Gasteiger partial charge on any atom is 0.254 e. The molecule has 2 amide bonds. The first kappa shape index (κ1) is 27.3. The Kier molecular flexibility index (Phi) is 7.76. The first-order valence-electron chi connectivity index (χ1n) is 14.0. The molecular formula is C32H31FN4O5. The maximum atomic E-state index is 14.5. The van der Waals surface area contributed by atoms with E-state index < -0.39 is 11.7 Å². The first-order chi connectivity index (χ1) is 20.5.